The quantitative estimate of drug-likeness (QED) is 0.884. The van der Waals surface area contributed by atoms with Gasteiger partial charge >= 0.3 is 0 Å². The average Bonchev–Trinajstić information content (AvgIpc) is 2.64. The molecule has 0 saturated carbocycles. The zero-order chi connectivity index (χ0) is 17.6. The second-order valence-corrected chi connectivity index (χ2v) is 5.97. The molecule has 5 nitrogen and oxygen atoms in total. The first-order valence-electron chi connectivity index (χ1n) is 7.92. The molecule has 1 saturated heterocycles. The Morgan fingerprint density at radius 2 is 2.04 bits per heavy atom. The number of benzene rings is 2. The highest BCUT2D eigenvalue weighted by atomic mass is 35.5. The highest BCUT2D eigenvalue weighted by molar-refractivity contribution is 6.30. The number of carbonyl (C=O) groups is 1. The van der Waals surface area contributed by atoms with Gasteiger partial charge in [-0.25, -0.2) is 4.39 Å². The summed E-state index contributed by atoms with van der Waals surface area (Å²) in [5, 5.41) is 2.74. The highest BCUT2D eigenvalue weighted by Crippen LogP contribution is 2.22. The Morgan fingerprint density at radius 3 is 2.80 bits per heavy atom. The summed E-state index contributed by atoms with van der Waals surface area (Å²) in [6, 6.07) is 11.6. The molecular weight excluding hydrogens is 347 g/mol. The van der Waals surface area contributed by atoms with E-state index < -0.39 is 5.82 Å². The van der Waals surface area contributed by atoms with E-state index in [-0.39, 0.29) is 17.5 Å². The number of ether oxygens (including phenoxy) is 2. The van der Waals surface area contributed by atoms with Crippen LogP contribution < -0.4 is 15.0 Å². The fraction of sp³-hybridized carbons (Fsp3) is 0.278. The van der Waals surface area contributed by atoms with Gasteiger partial charge in [0.15, 0.2) is 6.61 Å². The van der Waals surface area contributed by atoms with Gasteiger partial charge in [-0.05, 0) is 30.3 Å². The summed E-state index contributed by atoms with van der Waals surface area (Å²) < 4.78 is 23.8. The smallest absolute Gasteiger partial charge is 0.262 e. The molecular formula is C18H18ClFN2O3. The molecule has 3 rings (SSSR count). The Bertz CT molecular complexity index is 751. The summed E-state index contributed by atoms with van der Waals surface area (Å²) in [5.41, 5.74) is 1.72. The van der Waals surface area contributed by atoms with Crippen molar-refractivity contribution in [3.05, 3.63) is 53.3 Å². The SMILES string of the molecule is O=C(COc1ccc(F)c(Cl)c1)Nc1cccc(N2CCOCC2)c1. The summed E-state index contributed by atoms with van der Waals surface area (Å²) >= 11 is 5.68. The monoisotopic (exact) mass is 364 g/mol. The van der Waals surface area contributed by atoms with Crippen LogP contribution >= 0.6 is 11.6 Å². The van der Waals surface area contributed by atoms with E-state index in [1.54, 1.807) is 0 Å². The van der Waals surface area contributed by atoms with E-state index >= 15 is 0 Å². The van der Waals surface area contributed by atoms with Crippen LogP contribution in [-0.2, 0) is 9.53 Å². The van der Waals surface area contributed by atoms with Crippen LogP contribution in [0.25, 0.3) is 0 Å². The van der Waals surface area contributed by atoms with E-state index in [2.05, 4.69) is 10.2 Å². The second-order valence-electron chi connectivity index (χ2n) is 5.56. The van der Waals surface area contributed by atoms with E-state index in [0.717, 1.165) is 18.8 Å². The predicted octanol–water partition coefficient (Wildman–Crippen LogP) is 3.33. The molecule has 7 heteroatoms. The third kappa shape index (κ3) is 4.84. The van der Waals surface area contributed by atoms with Gasteiger partial charge in [0.1, 0.15) is 11.6 Å². The summed E-state index contributed by atoms with van der Waals surface area (Å²) in [4.78, 5) is 14.3. The van der Waals surface area contributed by atoms with Gasteiger partial charge in [0.05, 0.1) is 18.2 Å². The van der Waals surface area contributed by atoms with Gasteiger partial charge in [0.25, 0.3) is 5.91 Å². The molecule has 2 aromatic carbocycles. The standard InChI is InChI=1S/C18H18ClFN2O3/c19-16-11-15(4-5-17(16)20)25-12-18(23)21-13-2-1-3-14(10-13)22-6-8-24-9-7-22/h1-5,10-11H,6-9,12H2,(H,21,23). The minimum atomic E-state index is -0.529. The molecule has 1 N–H and O–H groups in total. The van der Waals surface area contributed by atoms with Gasteiger partial charge in [-0.2, -0.15) is 0 Å². The maximum Gasteiger partial charge on any atom is 0.262 e. The molecule has 0 unspecified atom stereocenters. The number of anilines is 2. The van der Waals surface area contributed by atoms with Crippen LogP contribution in [0.2, 0.25) is 5.02 Å². The number of hydrogen-bond acceptors (Lipinski definition) is 4. The van der Waals surface area contributed by atoms with E-state index in [1.165, 1.54) is 18.2 Å². The lowest BCUT2D eigenvalue weighted by molar-refractivity contribution is -0.118. The summed E-state index contributed by atoms with van der Waals surface area (Å²) in [5.74, 6) is -0.499. The highest BCUT2D eigenvalue weighted by Gasteiger charge is 2.12. The molecule has 1 heterocycles. The molecule has 1 amide bonds. The van der Waals surface area contributed by atoms with Crippen molar-refractivity contribution in [1.82, 2.24) is 0 Å². The van der Waals surface area contributed by atoms with Crippen LogP contribution in [-0.4, -0.2) is 38.8 Å². The maximum absolute atomic E-state index is 13.1. The molecule has 0 aliphatic carbocycles. The van der Waals surface area contributed by atoms with Crippen molar-refractivity contribution >= 4 is 28.9 Å². The van der Waals surface area contributed by atoms with Crippen LogP contribution in [0.4, 0.5) is 15.8 Å². The molecule has 25 heavy (non-hydrogen) atoms. The molecule has 1 aliphatic rings. The molecule has 1 fully saturated rings. The molecule has 0 bridgehead atoms. The van der Waals surface area contributed by atoms with Crippen LogP contribution in [0.15, 0.2) is 42.5 Å². The van der Waals surface area contributed by atoms with Crippen molar-refractivity contribution in [3.63, 3.8) is 0 Å². The minimum absolute atomic E-state index is 0.0453. The van der Waals surface area contributed by atoms with Gasteiger partial charge < -0.3 is 19.7 Å². The number of morpholine rings is 1. The van der Waals surface area contributed by atoms with Crippen LogP contribution in [0, 0.1) is 5.82 Å². The molecule has 132 valence electrons. The zero-order valence-electron chi connectivity index (χ0n) is 13.5. The number of halogens is 2. The third-order valence-electron chi connectivity index (χ3n) is 3.77. The molecule has 0 atom stereocenters. The van der Waals surface area contributed by atoms with E-state index in [4.69, 9.17) is 21.1 Å². The lowest BCUT2D eigenvalue weighted by Gasteiger charge is -2.29. The summed E-state index contributed by atoms with van der Waals surface area (Å²) in [6.45, 7) is 2.86. The van der Waals surface area contributed by atoms with Crippen LogP contribution in [0.1, 0.15) is 0 Å². The van der Waals surface area contributed by atoms with Crippen molar-refractivity contribution in [2.75, 3.05) is 43.1 Å². The number of amides is 1. The first-order chi connectivity index (χ1) is 12.1. The maximum atomic E-state index is 13.1. The van der Waals surface area contributed by atoms with Crippen molar-refractivity contribution in [1.29, 1.82) is 0 Å². The Morgan fingerprint density at radius 1 is 1.24 bits per heavy atom. The molecule has 0 radical (unpaired) electrons. The zero-order valence-corrected chi connectivity index (χ0v) is 14.3. The topological polar surface area (TPSA) is 50.8 Å². The summed E-state index contributed by atoms with van der Waals surface area (Å²) in [6.07, 6.45) is 0. The van der Waals surface area contributed by atoms with Crippen molar-refractivity contribution < 1.29 is 18.7 Å². The van der Waals surface area contributed by atoms with Gasteiger partial charge in [0, 0.05) is 30.5 Å². The number of rotatable bonds is 5. The Labute approximate surface area is 150 Å². The third-order valence-corrected chi connectivity index (χ3v) is 4.06. The van der Waals surface area contributed by atoms with E-state index in [0.29, 0.717) is 24.7 Å². The van der Waals surface area contributed by atoms with Crippen LogP contribution in [0.3, 0.4) is 0 Å². The minimum Gasteiger partial charge on any atom is -0.484 e. The lowest BCUT2D eigenvalue weighted by atomic mass is 10.2. The second kappa shape index (κ2) is 8.18. The van der Waals surface area contributed by atoms with Crippen LogP contribution in [0.5, 0.6) is 5.75 Å². The van der Waals surface area contributed by atoms with E-state index in [1.807, 2.05) is 24.3 Å². The predicted molar refractivity (Wildman–Crippen MR) is 95.0 cm³/mol. The van der Waals surface area contributed by atoms with Gasteiger partial charge in [-0.3, -0.25) is 4.79 Å². The Hall–Kier alpha value is -2.31. The number of hydrogen-bond donors (Lipinski definition) is 1. The van der Waals surface area contributed by atoms with E-state index in [9.17, 15) is 9.18 Å². The van der Waals surface area contributed by atoms with Crippen molar-refractivity contribution in [2.45, 2.75) is 0 Å². The lowest BCUT2D eigenvalue weighted by Crippen LogP contribution is -2.36. The fourth-order valence-corrected chi connectivity index (χ4v) is 2.69. The number of carbonyl (C=O) groups excluding carboxylic acids is 1. The number of nitrogens with one attached hydrogen (secondary N) is 1. The fourth-order valence-electron chi connectivity index (χ4n) is 2.51. The van der Waals surface area contributed by atoms with Crippen molar-refractivity contribution in [2.24, 2.45) is 0 Å². The number of nitrogens with zero attached hydrogens (tertiary/aromatic N) is 1. The van der Waals surface area contributed by atoms with Gasteiger partial charge in [0.2, 0.25) is 0 Å². The molecule has 1 aliphatic heterocycles. The average molecular weight is 365 g/mol. The largest absolute Gasteiger partial charge is 0.484 e. The van der Waals surface area contributed by atoms with Gasteiger partial charge in [-0.1, -0.05) is 17.7 Å². The van der Waals surface area contributed by atoms with Crippen molar-refractivity contribution in [3.8, 4) is 5.75 Å². The first kappa shape index (κ1) is 17.5. The summed E-state index contributed by atoms with van der Waals surface area (Å²) in [7, 11) is 0. The van der Waals surface area contributed by atoms with Gasteiger partial charge in [-0.15, -0.1) is 0 Å². The Balaban J connectivity index is 1.56. The molecule has 2 aromatic rings. The first-order valence-corrected chi connectivity index (χ1v) is 8.30. The Kier molecular flexibility index (Phi) is 5.73. The normalized spacial score (nSPS) is 14.2. The molecule has 0 aromatic heterocycles. The molecule has 0 spiro atoms.